The zero-order valence-electron chi connectivity index (χ0n) is 8.20. The van der Waals surface area contributed by atoms with Gasteiger partial charge in [-0.1, -0.05) is 6.58 Å². The molecule has 0 bridgehead atoms. The molecule has 2 fully saturated rings. The maximum atomic E-state index is 11.5. The summed E-state index contributed by atoms with van der Waals surface area (Å²) in [7, 11) is 0. The van der Waals surface area contributed by atoms with Crippen LogP contribution in [0.1, 0.15) is 6.42 Å². The summed E-state index contributed by atoms with van der Waals surface area (Å²) in [6.07, 6.45) is 2.46. The third kappa shape index (κ3) is 1.81. The van der Waals surface area contributed by atoms with Crippen molar-refractivity contribution in [3.8, 4) is 0 Å². The van der Waals surface area contributed by atoms with E-state index in [0.29, 0.717) is 13.2 Å². The Balaban J connectivity index is 2.03. The summed E-state index contributed by atoms with van der Waals surface area (Å²) in [5.41, 5.74) is -0.0540. The van der Waals surface area contributed by atoms with E-state index in [1.807, 2.05) is 16.7 Å². The molecule has 1 atom stereocenters. The lowest BCUT2D eigenvalue weighted by Gasteiger charge is -2.39. The fourth-order valence-electron chi connectivity index (χ4n) is 1.99. The number of hydrogen-bond acceptors (Lipinski definition) is 3. The second-order valence-electron chi connectivity index (χ2n) is 3.80. The third-order valence-corrected chi connectivity index (χ3v) is 4.02. The molecule has 2 rings (SSSR count). The van der Waals surface area contributed by atoms with Gasteiger partial charge >= 0.3 is 0 Å². The number of morpholine rings is 1. The summed E-state index contributed by atoms with van der Waals surface area (Å²) in [4.78, 5) is 13.3. The van der Waals surface area contributed by atoms with Crippen LogP contribution in [0.2, 0.25) is 0 Å². The van der Waals surface area contributed by atoms with Gasteiger partial charge in [-0.05, 0) is 18.2 Å². The first-order valence-corrected chi connectivity index (χ1v) is 6.04. The molecule has 0 aromatic carbocycles. The molecule has 0 N–H and O–H groups in total. The first-order chi connectivity index (χ1) is 6.76. The number of carbonyl (C=O) groups excluding carboxylic acids is 1. The molecule has 3 nitrogen and oxygen atoms in total. The van der Waals surface area contributed by atoms with Crippen LogP contribution in [0.5, 0.6) is 0 Å². The number of thioether (sulfide) groups is 1. The van der Waals surface area contributed by atoms with Gasteiger partial charge in [0.05, 0.1) is 18.8 Å². The van der Waals surface area contributed by atoms with Gasteiger partial charge in [-0.3, -0.25) is 4.79 Å². The summed E-state index contributed by atoms with van der Waals surface area (Å²) in [6.45, 7) is 5.63. The van der Waals surface area contributed by atoms with E-state index in [9.17, 15) is 4.79 Å². The Morgan fingerprint density at radius 2 is 2.50 bits per heavy atom. The van der Waals surface area contributed by atoms with Crippen LogP contribution in [0.3, 0.4) is 0 Å². The lowest BCUT2D eigenvalue weighted by Crippen LogP contribution is -2.53. The summed E-state index contributed by atoms with van der Waals surface area (Å²) < 4.78 is 5.80. The molecule has 0 aromatic heterocycles. The van der Waals surface area contributed by atoms with Gasteiger partial charge in [0.2, 0.25) is 5.91 Å². The fraction of sp³-hybridized carbons (Fsp3) is 0.700. The van der Waals surface area contributed by atoms with E-state index in [4.69, 9.17) is 4.74 Å². The van der Waals surface area contributed by atoms with Crippen molar-refractivity contribution in [3.05, 3.63) is 12.7 Å². The Labute approximate surface area is 88.5 Å². The predicted molar refractivity (Wildman–Crippen MR) is 57.4 cm³/mol. The van der Waals surface area contributed by atoms with E-state index in [-0.39, 0.29) is 11.5 Å². The molecule has 4 heteroatoms. The molecule has 2 saturated heterocycles. The van der Waals surface area contributed by atoms with E-state index in [2.05, 4.69) is 6.58 Å². The zero-order valence-corrected chi connectivity index (χ0v) is 9.02. The van der Waals surface area contributed by atoms with Crippen LogP contribution >= 0.6 is 11.8 Å². The SMILES string of the molecule is C=CC(=O)N1CCOC2(CCSC2)C1. The Morgan fingerprint density at radius 3 is 3.14 bits per heavy atom. The summed E-state index contributed by atoms with van der Waals surface area (Å²) in [6, 6.07) is 0. The van der Waals surface area contributed by atoms with Gasteiger partial charge in [0.1, 0.15) is 0 Å². The van der Waals surface area contributed by atoms with Crippen molar-refractivity contribution in [1.29, 1.82) is 0 Å². The minimum atomic E-state index is -0.0540. The van der Waals surface area contributed by atoms with Crippen molar-refractivity contribution in [2.75, 3.05) is 31.2 Å². The number of rotatable bonds is 1. The Hall–Kier alpha value is -0.480. The number of nitrogens with zero attached hydrogens (tertiary/aromatic N) is 1. The van der Waals surface area contributed by atoms with Crippen LogP contribution in [0.15, 0.2) is 12.7 Å². The van der Waals surface area contributed by atoms with Crippen molar-refractivity contribution in [1.82, 2.24) is 4.90 Å². The van der Waals surface area contributed by atoms with Crippen LogP contribution in [0, 0.1) is 0 Å². The molecule has 0 aromatic rings. The van der Waals surface area contributed by atoms with Crippen LogP contribution in [0.4, 0.5) is 0 Å². The molecule has 1 spiro atoms. The van der Waals surface area contributed by atoms with Crippen LogP contribution in [-0.4, -0.2) is 47.6 Å². The van der Waals surface area contributed by atoms with E-state index < -0.39 is 0 Å². The highest BCUT2D eigenvalue weighted by atomic mass is 32.2. The maximum absolute atomic E-state index is 11.5. The Kier molecular flexibility index (Phi) is 2.83. The van der Waals surface area contributed by atoms with Crippen LogP contribution in [-0.2, 0) is 9.53 Å². The zero-order chi connectivity index (χ0) is 10.0. The highest BCUT2D eigenvalue weighted by molar-refractivity contribution is 7.99. The van der Waals surface area contributed by atoms with Crippen molar-refractivity contribution >= 4 is 17.7 Å². The van der Waals surface area contributed by atoms with E-state index >= 15 is 0 Å². The third-order valence-electron chi connectivity index (χ3n) is 2.80. The van der Waals surface area contributed by atoms with E-state index in [1.165, 1.54) is 6.08 Å². The first kappa shape index (κ1) is 10.1. The van der Waals surface area contributed by atoms with Crippen molar-refractivity contribution in [3.63, 3.8) is 0 Å². The predicted octanol–water partition coefficient (Wildman–Crippen LogP) is 0.907. The van der Waals surface area contributed by atoms with Gasteiger partial charge in [-0.15, -0.1) is 0 Å². The van der Waals surface area contributed by atoms with Crippen LogP contribution < -0.4 is 0 Å². The number of carbonyl (C=O) groups is 1. The number of ether oxygens (including phenoxy) is 1. The van der Waals surface area contributed by atoms with Crippen LogP contribution in [0.25, 0.3) is 0 Å². The molecule has 1 amide bonds. The van der Waals surface area contributed by atoms with Crippen molar-refractivity contribution in [2.45, 2.75) is 12.0 Å². The molecule has 1 unspecified atom stereocenters. The average Bonchev–Trinajstić information content (AvgIpc) is 2.65. The number of amides is 1. The van der Waals surface area contributed by atoms with E-state index in [0.717, 1.165) is 24.5 Å². The number of hydrogen-bond donors (Lipinski definition) is 0. The highest BCUT2D eigenvalue weighted by Crippen LogP contribution is 2.34. The van der Waals surface area contributed by atoms with Gasteiger partial charge < -0.3 is 9.64 Å². The van der Waals surface area contributed by atoms with Gasteiger partial charge in [0.25, 0.3) is 0 Å². The standard InChI is InChI=1S/C10H15NO2S/c1-2-9(12)11-4-5-13-10(7-11)3-6-14-8-10/h2H,1,3-8H2. The largest absolute Gasteiger partial charge is 0.370 e. The lowest BCUT2D eigenvalue weighted by atomic mass is 10.0. The topological polar surface area (TPSA) is 29.5 Å². The fourth-order valence-corrected chi connectivity index (χ4v) is 3.34. The molecule has 78 valence electrons. The molecule has 14 heavy (non-hydrogen) atoms. The average molecular weight is 213 g/mol. The summed E-state index contributed by atoms with van der Waals surface area (Å²) in [5, 5.41) is 0. The molecule has 2 aliphatic heterocycles. The molecule has 0 radical (unpaired) electrons. The minimum Gasteiger partial charge on any atom is -0.370 e. The second kappa shape index (κ2) is 3.95. The normalized spacial score (nSPS) is 32.1. The minimum absolute atomic E-state index is 0.0320. The van der Waals surface area contributed by atoms with Gasteiger partial charge in [-0.25, -0.2) is 0 Å². The monoisotopic (exact) mass is 213 g/mol. The maximum Gasteiger partial charge on any atom is 0.246 e. The lowest BCUT2D eigenvalue weighted by molar-refractivity contribution is -0.142. The van der Waals surface area contributed by atoms with Gasteiger partial charge in [0.15, 0.2) is 0 Å². The summed E-state index contributed by atoms with van der Waals surface area (Å²) in [5.74, 6) is 2.20. The smallest absolute Gasteiger partial charge is 0.246 e. The van der Waals surface area contributed by atoms with Crippen molar-refractivity contribution in [2.24, 2.45) is 0 Å². The van der Waals surface area contributed by atoms with E-state index in [1.54, 1.807) is 0 Å². The first-order valence-electron chi connectivity index (χ1n) is 4.89. The molecular formula is C10H15NO2S. The Morgan fingerprint density at radius 1 is 1.64 bits per heavy atom. The quantitative estimate of drug-likeness (QED) is 0.606. The van der Waals surface area contributed by atoms with Gasteiger partial charge in [-0.2, -0.15) is 11.8 Å². The molecule has 2 aliphatic rings. The second-order valence-corrected chi connectivity index (χ2v) is 4.90. The molecular weight excluding hydrogens is 198 g/mol. The molecule has 0 saturated carbocycles. The molecule has 0 aliphatic carbocycles. The summed E-state index contributed by atoms with van der Waals surface area (Å²) >= 11 is 1.91. The van der Waals surface area contributed by atoms with Gasteiger partial charge in [0, 0.05) is 12.3 Å². The van der Waals surface area contributed by atoms with Crippen molar-refractivity contribution < 1.29 is 9.53 Å². The highest BCUT2D eigenvalue weighted by Gasteiger charge is 2.40. The molecule has 2 heterocycles. The Bertz CT molecular complexity index is 249.